The zero-order valence-corrected chi connectivity index (χ0v) is 8.72. The Morgan fingerprint density at radius 1 is 1.31 bits per heavy atom. The molecule has 2 heteroatoms. The lowest BCUT2D eigenvalue weighted by Crippen LogP contribution is -2.10. The van der Waals surface area contributed by atoms with Crippen LogP contribution in [0, 0.1) is 0 Å². The third-order valence-electron chi connectivity index (χ3n) is 2.70. The van der Waals surface area contributed by atoms with E-state index in [-0.39, 0.29) is 12.1 Å². The highest BCUT2D eigenvalue weighted by Gasteiger charge is 2.27. The van der Waals surface area contributed by atoms with Crippen molar-refractivity contribution in [1.82, 2.24) is 0 Å². The number of ether oxygens (including phenoxy) is 1. The summed E-state index contributed by atoms with van der Waals surface area (Å²) in [5.74, 6) is -0.126. The van der Waals surface area contributed by atoms with Crippen molar-refractivity contribution in [2.45, 2.75) is 52.6 Å². The van der Waals surface area contributed by atoms with Crippen molar-refractivity contribution in [2.75, 3.05) is 0 Å². The van der Waals surface area contributed by atoms with E-state index in [1.807, 2.05) is 13.8 Å². The first-order valence-electron chi connectivity index (χ1n) is 5.05. The largest absolute Gasteiger partial charge is 0.454 e. The van der Waals surface area contributed by atoms with Gasteiger partial charge in [0.2, 0.25) is 0 Å². The topological polar surface area (TPSA) is 26.3 Å². The van der Waals surface area contributed by atoms with E-state index in [4.69, 9.17) is 4.74 Å². The van der Waals surface area contributed by atoms with Gasteiger partial charge in [-0.15, -0.1) is 0 Å². The van der Waals surface area contributed by atoms with Crippen LogP contribution in [0.15, 0.2) is 11.1 Å². The molecule has 0 amide bonds. The quantitative estimate of drug-likeness (QED) is 0.493. The summed E-state index contributed by atoms with van der Waals surface area (Å²) in [4.78, 5) is 11.1. The molecule has 0 fully saturated rings. The first-order chi connectivity index (χ1) is 6.16. The van der Waals surface area contributed by atoms with E-state index in [0.29, 0.717) is 0 Å². The van der Waals surface area contributed by atoms with Gasteiger partial charge in [0.1, 0.15) is 6.10 Å². The Morgan fingerprint density at radius 3 is 2.46 bits per heavy atom. The van der Waals surface area contributed by atoms with Gasteiger partial charge in [0.25, 0.3) is 0 Å². The Labute approximate surface area is 80.0 Å². The molecule has 0 aliphatic carbocycles. The number of carbonyl (C=O) groups excluding carboxylic acids is 1. The van der Waals surface area contributed by atoms with Crippen LogP contribution in [-0.4, -0.2) is 12.1 Å². The molecule has 1 rings (SSSR count). The Bertz CT molecular complexity index is 228. The standard InChI is InChI=1S/C11H18O2/c1-4-5-6-7-10-8(2)9(3)11(12)13-10/h10H,4-7H2,1-3H3/t10-/m1/s1. The molecule has 1 heterocycles. The number of esters is 1. The van der Waals surface area contributed by atoms with Crippen molar-refractivity contribution < 1.29 is 9.53 Å². The summed E-state index contributed by atoms with van der Waals surface area (Å²) in [7, 11) is 0. The van der Waals surface area contributed by atoms with Crippen LogP contribution in [0.1, 0.15) is 46.5 Å². The molecule has 0 radical (unpaired) electrons. The number of cyclic esters (lactones) is 1. The van der Waals surface area contributed by atoms with Crippen LogP contribution in [0.25, 0.3) is 0 Å². The van der Waals surface area contributed by atoms with Crippen LogP contribution in [-0.2, 0) is 9.53 Å². The molecular formula is C11H18O2. The van der Waals surface area contributed by atoms with Crippen molar-refractivity contribution >= 4 is 5.97 Å². The molecule has 74 valence electrons. The fourth-order valence-electron chi connectivity index (χ4n) is 1.56. The lowest BCUT2D eigenvalue weighted by atomic mass is 10.0. The molecule has 0 aromatic heterocycles. The summed E-state index contributed by atoms with van der Waals surface area (Å²) in [5, 5.41) is 0. The first kappa shape index (κ1) is 10.3. The molecule has 0 saturated heterocycles. The second kappa shape index (κ2) is 4.45. The summed E-state index contributed by atoms with van der Waals surface area (Å²) >= 11 is 0. The molecular weight excluding hydrogens is 164 g/mol. The number of hydrogen-bond acceptors (Lipinski definition) is 2. The minimum Gasteiger partial charge on any atom is -0.454 e. The Morgan fingerprint density at radius 2 is 2.00 bits per heavy atom. The molecule has 0 aromatic carbocycles. The summed E-state index contributed by atoms with van der Waals surface area (Å²) < 4.78 is 5.22. The summed E-state index contributed by atoms with van der Waals surface area (Å²) in [6.45, 7) is 6.02. The van der Waals surface area contributed by atoms with Gasteiger partial charge < -0.3 is 4.74 Å². The summed E-state index contributed by atoms with van der Waals surface area (Å²) in [6.07, 6.45) is 4.64. The van der Waals surface area contributed by atoms with Crippen LogP contribution in [0.5, 0.6) is 0 Å². The van der Waals surface area contributed by atoms with Crippen LogP contribution in [0.3, 0.4) is 0 Å². The van der Waals surface area contributed by atoms with E-state index >= 15 is 0 Å². The van der Waals surface area contributed by atoms with E-state index in [0.717, 1.165) is 24.0 Å². The fourth-order valence-corrected chi connectivity index (χ4v) is 1.56. The molecule has 1 aliphatic rings. The van der Waals surface area contributed by atoms with Gasteiger partial charge in [-0.05, 0) is 32.3 Å². The van der Waals surface area contributed by atoms with E-state index < -0.39 is 0 Å². The lowest BCUT2D eigenvalue weighted by molar-refractivity contribution is -0.139. The number of carbonyl (C=O) groups is 1. The molecule has 0 spiro atoms. The van der Waals surface area contributed by atoms with Crippen molar-refractivity contribution in [3.63, 3.8) is 0 Å². The highest BCUT2D eigenvalue weighted by Crippen LogP contribution is 2.25. The van der Waals surface area contributed by atoms with E-state index in [1.54, 1.807) is 0 Å². The number of rotatable bonds is 4. The zero-order chi connectivity index (χ0) is 9.84. The van der Waals surface area contributed by atoms with Gasteiger partial charge in [0.15, 0.2) is 0 Å². The third kappa shape index (κ3) is 2.33. The van der Waals surface area contributed by atoms with Gasteiger partial charge in [-0.3, -0.25) is 0 Å². The molecule has 1 atom stereocenters. The van der Waals surface area contributed by atoms with Gasteiger partial charge in [-0.25, -0.2) is 4.79 Å². The zero-order valence-electron chi connectivity index (χ0n) is 8.72. The van der Waals surface area contributed by atoms with Gasteiger partial charge in [-0.2, -0.15) is 0 Å². The van der Waals surface area contributed by atoms with Crippen LogP contribution in [0.4, 0.5) is 0 Å². The van der Waals surface area contributed by atoms with Crippen molar-refractivity contribution in [3.8, 4) is 0 Å². The Kier molecular flexibility index (Phi) is 3.52. The highest BCUT2D eigenvalue weighted by atomic mass is 16.5. The smallest absolute Gasteiger partial charge is 0.334 e. The maximum absolute atomic E-state index is 11.1. The van der Waals surface area contributed by atoms with Crippen molar-refractivity contribution in [3.05, 3.63) is 11.1 Å². The normalized spacial score (nSPS) is 22.4. The molecule has 13 heavy (non-hydrogen) atoms. The average molecular weight is 182 g/mol. The van der Waals surface area contributed by atoms with Gasteiger partial charge >= 0.3 is 5.97 Å². The molecule has 0 saturated carbocycles. The molecule has 0 bridgehead atoms. The van der Waals surface area contributed by atoms with E-state index in [9.17, 15) is 4.79 Å². The minimum absolute atomic E-state index is 0.0686. The average Bonchev–Trinajstić information content (AvgIpc) is 2.34. The lowest BCUT2D eigenvalue weighted by Gasteiger charge is -2.10. The summed E-state index contributed by atoms with van der Waals surface area (Å²) in [6, 6.07) is 0. The van der Waals surface area contributed by atoms with E-state index in [2.05, 4.69) is 6.92 Å². The second-order valence-corrected chi connectivity index (χ2v) is 3.70. The van der Waals surface area contributed by atoms with E-state index in [1.165, 1.54) is 12.8 Å². The minimum atomic E-state index is -0.126. The summed E-state index contributed by atoms with van der Waals surface area (Å²) in [5.41, 5.74) is 1.93. The fraction of sp³-hybridized carbons (Fsp3) is 0.727. The molecule has 1 aliphatic heterocycles. The molecule has 2 nitrogen and oxygen atoms in total. The molecule has 0 aromatic rings. The number of hydrogen-bond donors (Lipinski definition) is 0. The highest BCUT2D eigenvalue weighted by molar-refractivity contribution is 5.91. The Balaban J connectivity index is 2.42. The maximum atomic E-state index is 11.1. The predicted octanol–water partition coefficient (Wildman–Crippen LogP) is 2.83. The molecule has 0 N–H and O–H groups in total. The van der Waals surface area contributed by atoms with Gasteiger partial charge in [0.05, 0.1) is 0 Å². The van der Waals surface area contributed by atoms with Crippen molar-refractivity contribution in [1.29, 1.82) is 0 Å². The SMILES string of the molecule is CCCCC[C@H]1OC(=O)C(C)=C1C. The number of unbranched alkanes of at least 4 members (excludes halogenated alkanes) is 2. The first-order valence-corrected chi connectivity index (χ1v) is 5.05. The van der Waals surface area contributed by atoms with Crippen LogP contribution >= 0.6 is 0 Å². The monoisotopic (exact) mass is 182 g/mol. The van der Waals surface area contributed by atoms with Crippen LogP contribution < -0.4 is 0 Å². The Hall–Kier alpha value is -0.790. The predicted molar refractivity (Wildman–Crippen MR) is 52.4 cm³/mol. The van der Waals surface area contributed by atoms with Gasteiger partial charge in [0, 0.05) is 5.57 Å². The maximum Gasteiger partial charge on any atom is 0.334 e. The van der Waals surface area contributed by atoms with Crippen LogP contribution in [0.2, 0.25) is 0 Å². The second-order valence-electron chi connectivity index (χ2n) is 3.70. The third-order valence-corrected chi connectivity index (χ3v) is 2.70. The molecule has 0 unspecified atom stereocenters. The van der Waals surface area contributed by atoms with Crippen molar-refractivity contribution in [2.24, 2.45) is 0 Å². The van der Waals surface area contributed by atoms with Gasteiger partial charge in [-0.1, -0.05) is 19.8 Å².